The molecule has 7 nitrogen and oxygen atoms in total. The lowest BCUT2D eigenvalue weighted by Gasteiger charge is -2.28. The van der Waals surface area contributed by atoms with Gasteiger partial charge in [0.1, 0.15) is 23.9 Å². The molecule has 0 bridgehead atoms. The number of benzene rings is 1. The number of hydrogen-bond acceptors (Lipinski definition) is 6. The molecule has 0 radical (unpaired) electrons. The molecule has 0 aliphatic heterocycles. The second kappa shape index (κ2) is 8.73. The molecule has 0 saturated heterocycles. The molecule has 1 aromatic rings. The standard InChI is InChI=1S/C24H33NO6/c1-22(2,3)30-20(27)25(21(28)31-23(4,5)6)15-18(26)29-19(17-14-24(17,7)8)16-12-10-9-11-13-16/h9-14,19H,15H2,1-8H3. The number of rotatable bonds is 5. The van der Waals surface area contributed by atoms with Crippen molar-refractivity contribution < 1.29 is 28.6 Å². The highest BCUT2D eigenvalue weighted by Crippen LogP contribution is 2.51. The normalized spacial score (nSPS) is 15.9. The van der Waals surface area contributed by atoms with Gasteiger partial charge in [-0.3, -0.25) is 4.79 Å². The van der Waals surface area contributed by atoms with Crippen LogP contribution in [0.5, 0.6) is 0 Å². The van der Waals surface area contributed by atoms with Gasteiger partial charge in [-0.1, -0.05) is 50.3 Å². The molecule has 170 valence electrons. The average molecular weight is 432 g/mol. The van der Waals surface area contributed by atoms with Crippen molar-refractivity contribution in [2.75, 3.05) is 6.54 Å². The summed E-state index contributed by atoms with van der Waals surface area (Å²) >= 11 is 0. The molecule has 0 N–H and O–H groups in total. The van der Waals surface area contributed by atoms with Gasteiger partial charge in [0.25, 0.3) is 0 Å². The van der Waals surface area contributed by atoms with Gasteiger partial charge in [0.2, 0.25) is 0 Å². The molecule has 0 aromatic heterocycles. The number of ether oxygens (including phenoxy) is 3. The first-order valence-corrected chi connectivity index (χ1v) is 10.3. The molecule has 7 heteroatoms. The van der Waals surface area contributed by atoms with E-state index >= 15 is 0 Å². The van der Waals surface area contributed by atoms with Crippen LogP contribution in [0.2, 0.25) is 0 Å². The largest absolute Gasteiger partial charge is 0.452 e. The Bertz CT molecular complexity index is 830. The van der Waals surface area contributed by atoms with E-state index in [0.29, 0.717) is 4.90 Å². The minimum absolute atomic E-state index is 0.156. The Balaban J connectivity index is 2.20. The molecular formula is C24H33NO6. The van der Waals surface area contributed by atoms with Crippen molar-refractivity contribution >= 4 is 18.2 Å². The molecule has 1 aliphatic rings. The number of carbonyl (C=O) groups is 3. The van der Waals surface area contributed by atoms with E-state index in [1.165, 1.54) is 0 Å². The summed E-state index contributed by atoms with van der Waals surface area (Å²) in [6.07, 6.45) is -0.512. The summed E-state index contributed by atoms with van der Waals surface area (Å²) in [5.41, 5.74) is -0.0775. The highest BCUT2D eigenvalue weighted by molar-refractivity contribution is 5.92. The molecule has 31 heavy (non-hydrogen) atoms. The Hall–Kier alpha value is -2.83. The fraction of sp³-hybridized carbons (Fsp3) is 0.542. The van der Waals surface area contributed by atoms with Crippen LogP contribution in [0.1, 0.15) is 67.1 Å². The fourth-order valence-corrected chi connectivity index (χ4v) is 2.84. The predicted octanol–water partition coefficient (Wildman–Crippen LogP) is 5.41. The maximum Gasteiger partial charge on any atom is 0.420 e. The number of hydrogen-bond donors (Lipinski definition) is 0. The van der Waals surface area contributed by atoms with Crippen molar-refractivity contribution in [3.63, 3.8) is 0 Å². The van der Waals surface area contributed by atoms with Crippen molar-refractivity contribution in [1.29, 1.82) is 0 Å². The van der Waals surface area contributed by atoms with E-state index in [1.807, 2.05) is 50.3 Å². The first kappa shape index (κ1) is 24.4. The Morgan fingerprint density at radius 2 is 1.35 bits per heavy atom. The minimum atomic E-state index is -0.971. The lowest BCUT2D eigenvalue weighted by Crippen LogP contribution is -2.46. The van der Waals surface area contributed by atoms with Gasteiger partial charge < -0.3 is 14.2 Å². The van der Waals surface area contributed by atoms with Crippen molar-refractivity contribution in [1.82, 2.24) is 4.90 Å². The van der Waals surface area contributed by atoms with Gasteiger partial charge in [-0.25, -0.2) is 14.5 Å². The molecule has 1 unspecified atom stereocenters. The Morgan fingerprint density at radius 1 is 0.903 bits per heavy atom. The third kappa shape index (κ3) is 7.42. The summed E-state index contributed by atoms with van der Waals surface area (Å²) in [5, 5.41) is 0. The predicted molar refractivity (Wildman–Crippen MR) is 116 cm³/mol. The second-order valence-electron chi connectivity index (χ2n) is 10.1. The van der Waals surface area contributed by atoms with Gasteiger partial charge in [-0.15, -0.1) is 0 Å². The van der Waals surface area contributed by atoms with E-state index in [0.717, 1.165) is 11.1 Å². The highest BCUT2D eigenvalue weighted by atomic mass is 16.6. The molecule has 1 aromatic carbocycles. The van der Waals surface area contributed by atoms with Crippen molar-refractivity contribution in [2.24, 2.45) is 5.41 Å². The van der Waals surface area contributed by atoms with Crippen LogP contribution in [-0.2, 0) is 19.0 Å². The first-order valence-electron chi connectivity index (χ1n) is 10.3. The second-order valence-corrected chi connectivity index (χ2v) is 10.1. The molecule has 0 spiro atoms. The van der Waals surface area contributed by atoms with E-state index in [9.17, 15) is 14.4 Å². The molecule has 0 fully saturated rings. The van der Waals surface area contributed by atoms with E-state index in [4.69, 9.17) is 14.2 Å². The summed E-state index contributed by atoms with van der Waals surface area (Å²) in [5.74, 6) is -0.742. The smallest absolute Gasteiger partial charge is 0.420 e. The number of carbonyl (C=O) groups excluding carboxylic acids is 3. The van der Waals surface area contributed by atoms with Crippen molar-refractivity contribution in [3.8, 4) is 0 Å². The Labute approximate surface area is 184 Å². The quantitative estimate of drug-likeness (QED) is 0.352. The summed E-state index contributed by atoms with van der Waals surface area (Å²) in [7, 11) is 0. The highest BCUT2D eigenvalue weighted by Gasteiger charge is 2.42. The maximum atomic E-state index is 12.8. The van der Waals surface area contributed by atoms with Gasteiger partial charge in [0.15, 0.2) is 0 Å². The van der Waals surface area contributed by atoms with Crippen LogP contribution >= 0.6 is 0 Å². The Kier molecular flexibility index (Phi) is 6.88. The Morgan fingerprint density at radius 3 is 1.74 bits per heavy atom. The summed E-state index contributed by atoms with van der Waals surface area (Å²) in [6.45, 7) is 13.5. The molecule has 1 aliphatic carbocycles. The number of esters is 1. The number of allylic oxidation sites excluding steroid dienone is 1. The summed E-state index contributed by atoms with van der Waals surface area (Å²) in [4.78, 5) is 38.7. The van der Waals surface area contributed by atoms with E-state index < -0.39 is 42.0 Å². The van der Waals surface area contributed by atoms with Gasteiger partial charge >= 0.3 is 18.2 Å². The SMILES string of the molecule is CC(C)(C)OC(=O)N(CC(=O)OC(C1=CC1(C)C)c1ccccc1)C(=O)OC(C)(C)C. The van der Waals surface area contributed by atoms with Crippen LogP contribution in [0.15, 0.2) is 42.0 Å². The van der Waals surface area contributed by atoms with Crippen LogP contribution in [0.4, 0.5) is 9.59 Å². The molecule has 2 amide bonds. The van der Waals surface area contributed by atoms with Crippen molar-refractivity contribution in [2.45, 2.75) is 72.7 Å². The molecule has 0 heterocycles. The molecule has 2 rings (SSSR count). The van der Waals surface area contributed by atoms with E-state index in [-0.39, 0.29) is 5.41 Å². The van der Waals surface area contributed by atoms with Gasteiger partial charge in [-0.2, -0.15) is 0 Å². The first-order chi connectivity index (χ1) is 14.1. The van der Waals surface area contributed by atoms with E-state index in [1.54, 1.807) is 41.5 Å². The zero-order chi connectivity index (χ0) is 23.6. The summed E-state index contributed by atoms with van der Waals surface area (Å²) < 4.78 is 16.3. The molecular weight excluding hydrogens is 398 g/mol. The monoisotopic (exact) mass is 431 g/mol. The van der Waals surface area contributed by atoms with Gasteiger partial charge in [0.05, 0.1) is 0 Å². The van der Waals surface area contributed by atoms with Crippen LogP contribution in [-0.4, -0.2) is 40.8 Å². The lowest BCUT2D eigenvalue weighted by atomic mass is 9.98. The number of imide groups is 1. The van der Waals surface area contributed by atoms with Gasteiger partial charge in [-0.05, 0) is 52.7 Å². The zero-order valence-electron chi connectivity index (χ0n) is 19.6. The van der Waals surface area contributed by atoms with E-state index in [2.05, 4.69) is 0 Å². The number of amides is 2. The van der Waals surface area contributed by atoms with Crippen LogP contribution in [0, 0.1) is 5.41 Å². The minimum Gasteiger partial charge on any atom is -0.452 e. The third-order valence-corrected chi connectivity index (χ3v) is 4.33. The zero-order valence-corrected chi connectivity index (χ0v) is 19.6. The third-order valence-electron chi connectivity index (χ3n) is 4.33. The maximum absolute atomic E-state index is 12.8. The molecule has 1 atom stereocenters. The summed E-state index contributed by atoms with van der Waals surface area (Å²) in [6, 6.07) is 9.33. The fourth-order valence-electron chi connectivity index (χ4n) is 2.84. The van der Waals surface area contributed by atoms with Gasteiger partial charge in [0, 0.05) is 5.41 Å². The van der Waals surface area contributed by atoms with Crippen LogP contribution < -0.4 is 0 Å². The average Bonchev–Trinajstić information content (AvgIpc) is 3.23. The lowest BCUT2D eigenvalue weighted by molar-refractivity contribution is -0.148. The van der Waals surface area contributed by atoms with Crippen LogP contribution in [0.25, 0.3) is 0 Å². The molecule has 0 saturated carbocycles. The topological polar surface area (TPSA) is 82.1 Å². The van der Waals surface area contributed by atoms with Crippen molar-refractivity contribution in [3.05, 3.63) is 47.5 Å². The van der Waals surface area contributed by atoms with Crippen LogP contribution in [0.3, 0.4) is 0 Å². The number of nitrogens with zero attached hydrogens (tertiary/aromatic N) is 1.